The topological polar surface area (TPSA) is 58.6 Å². The third-order valence-electron chi connectivity index (χ3n) is 3.59. The number of nitrogens with one attached hydrogen (secondary N) is 1. The van der Waals surface area contributed by atoms with Crippen molar-refractivity contribution in [2.45, 2.75) is 32.5 Å². The summed E-state index contributed by atoms with van der Waals surface area (Å²) in [6, 6.07) is 4.56. The van der Waals surface area contributed by atoms with Crippen molar-refractivity contribution in [1.82, 2.24) is 5.32 Å². The van der Waals surface area contributed by atoms with Crippen LogP contribution in [0.25, 0.3) is 0 Å². The van der Waals surface area contributed by atoms with Gasteiger partial charge in [0.05, 0.1) is 23.7 Å². The number of aliphatic hydroxyl groups is 1. The Labute approximate surface area is 133 Å². The lowest BCUT2D eigenvalue weighted by molar-refractivity contribution is -0.150. The van der Waals surface area contributed by atoms with E-state index in [-0.39, 0.29) is 18.7 Å². The lowest BCUT2D eigenvalue weighted by Crippen LogP contribution is -2.42. The van der Waals surface area contributed by atoms with Crippen molar-refractivity contribution in [2.24, 2.45) is 5.41 Å². The minimum atomic E-state index is -4.47. The predicted octanol–water partition coefficient (Wildman–Crippen LogP) is 2.70. The number of methoxy groups -OCH3 is 1. The number of halogens is 3. The Kier molecular flexibility index (Phi) is 5.82. The van der Waals surface area contributed by atoms with Crippen molar-refractivity contribution in [3.05, 3.63) is 35.4 Å². The molecule has 0 amide bonds. The molecule has 2 N–H and O–H groups in total. The first-order chi connectivity index (χ1) is 10.4. The molecule has 0 heterocycles. The number of carbonyl (C=O) groups excluding carboxylic acids is 1. The van der Waals surface area contributed by atoms with E-state index in [0.717, 1.165) is 12.1 Å². The zero-order chi connectivity index (χ0) is 17.9. The molecule has 130 valence electrons. The number of benzene rings is 1. The molecule has 7 heteroatoms. The van der Waals surface area contributed by atoms with Crippen molar-refractivity contribution < 1.29 is 27.8 Å². The molecule has 0 spiro atoms. The molecule has 0 aliphatic carbocycles. The van der Waals surface area contributed by atoms with Crippen LogP contribution < -0.4 is 5.32 Å². The maximum absolute atomic E-state index is 12.7. The van der Waals surface area contributed by atoms with E-state index in [9.17, 15) is 23.1 Å². The van der Waals surface area contributed by atoms with Gasteiger partial charge in [-0.15, -0.1) is 0 Å². The predicted molar refractivity (Wildman–Crippen MR) is 79.7 cm³/mol. The molecule has 0 aliphatic heterocycles. The van der Waals surface area contributed by atoms with Crippen LogP contribution >= 0.6 is 0 Å². The number of alkyl halides is 3. The first-order valence-corrected chi connectivity index (χ1v) is 7.09. The van der Waals surface area contributed by atoms with E-state index in [4.69, 9.17) is 0 Å². The van der Waals surface area contributed by atoms with E-state index in [1.54, 1.807) is 13.8 Å². The Morgan fingerprint density at radius 2 is 1.74 bits per heavy atom. The number of esters is 1. The summed E-state index contributed by atoms with van der Waals surface area (Å²) in [7, 11) is 1.28. The molecule has 0 aliphatic rings. The molecule has 1 atom stereocenters. The molecule has 1 unspecified atom stereocenters. The van der Waals surface area contributed by atoms with E-state index in [1.165, 1.54) is 26.2 Å². The van der Waals surface area contributed by atoms with Gasteiger partial charge in [-0.25, -0.2) is 0 Å². The molecule has 0 radical (unpaired) electrons. The average molecular weight is 333 g/mol. The summed E-state index contributed by atoms with van der Waals surface area (Å²) >= 11 is 0. The molecule has 0 fully saturated rings. The Morgan fingerprint density at radius 1 is 1.17 bits per heavy atom. The fraction of sp³-hybridized carbons (Fsp3) is 0.562. The molecule has 1 aromatic rings. The van der Waals surface area contributed by atoms with Gasteiger partial charge in [-0.1, -0.05) is 12.1 Å². The van der Waals surface area contributed by atoms with Crippen LogP contribution in [-0.4, -0.2) is 31.3 Å². The monoisotopic (exact) mass is 333 g/mol. The number of hydrogen-bond donors (Lipinski definition) is 2. The van der Waals surface area contributed by atoms with Gasteiger partial charge in [0.15, 0.2) is 0 Å². The summed E-state index contributed by atoms with van der Waals surface area (Å²) in [6.07, 6.45) is -4.47. The third kappa shape index (κ3) is 5.21. The molecule has 1 rings (SSSR count). The van der Waals surface area contributed by atoms with Gasteiger partial charge in [0, 0.05) is 13.1 Å². The Morgan fingerprint density at radius 3 is 2.26 bits per heavy atom. The molecular weight excluding hydrogens is 311 g/mol. The third-order valence-corrected chi connectivity index (χ3v) is 3.59. The van der Waals surface area contributed by atoms with Gasteiger partial charge in [0.25, 0.3) is 0 Å². The van der Waals surface area contributed by atoms with E-state index in [1.807, 2.05) is 0 Å². The Bertz CT molecular complexity index is 554. The molecule has 4 nitrogen and oxygen atoms in total. The van der Waals surface area contributed by atoms with E-state index in [2.05, 4.69) is 10.1 Å². The summed E-state index contributed by atoms with van der Waals surface area (Å²) < 4.78 is 42.9. The largest absolute Gasteiger partial charge is 0.469 e. The minimum absolute atomic E-state index is 0.00522. The van der Waals surface area contributed by atoms with Crippen molar-refractivity contribution in [3.8, 4) is 0 Å². The van der Waals surface area contributed by atoms with Crippen LogP contribution in [0.1, 0.15) is 31.9 Å². The molecule has 0 aromatic heterocycles. The summed E-state index contributed by atoms with van der Waals surface area (Å²) in [6.45, 7) is 4.97. The number of carbonyl (C=O) groups is 1. The van der Waals surface area contributed by atoms with E-state index in [0.29, 0.717) is 0 Å². The van der Waals surface area contributed by atoms with Crippen LogP contribution in [0, 0.1) is 5.41 Å². The highest BCUT2D eigenvalue weighted by Gasteiger charge is 2.33. The van der Waals surface area contributed by atoms with Crippen molar-refractivity contribution in [3.63, 3.8) is 0 Å². The van der Waals surface area contributed by atoms with Gasteiger partial charge in [0.1, 0.15) is 0 Å². The minimum Gasteiger partial charge on any atom is -0.469 e. The quantitative estimate of drug-likeness (QED) is 0.786. The second-order valence-corrected chi connectivity index (χ2v) is 6.33. The Balaban J connectivity index is 2.79. The number of rotatable bonds is 6. The summed E-state index contributed by atoms with van der Waals surface area (Å²) in [5.41, 5.74) is -2.98. The molecule has 0 saturated heterocycles. The molecule has 23 heavy (non-hydrogen) atoms. The second kappa shape index (κ2) is 6.88. The normalized spacial score (nSPS) is 15.1. The SMILES string of the molecule is COC(=O)C(C)(C)CNCC(C)(O)c1cccc(C(F)(F)F)c1. The maximum Gasteiger partial charge on any atom is 0.416 e. The highest BCUT2D eigenvalue weighted by atomic mass is 19.4. The standard InChI is InChI=1S/C16H22F3NO3/c1-14(2,13(21)23-4)9-20-10-15(3,22)11-6-5-7-12(8-11)16(17,18)19/h5-8,20,22H,9-10H2,1-4H3. The highest BCUT2D eigenvalue weighted by molar-refractivity contribution is 5.76. The Hall–Kier alpha value is -1.60. The smallest absolute Gasteiger partial charge is 0.416 e. The molecule has 0 bridgehead atoms. The van der Waals surface area contributed by atoms with Gasteiger partial charge in [-0.2, -0.15) is 13.2 Å². The van der Waals surface area contributed by atoms with E-state index >= 15 is 0 Å². The lowest BCUT2D eigenvalue weighted by Gasteiger charge is -2.28. The first kappa shape index (κ1) is 19.4. The number of hydrogen-bond acceptors (Lipinski definition) is 4. The van der Waals surface area contributed by atoms with Crippen molar-refractivity contribution >= 4 is 5.97 Å². The zero-order valence-corrected chi connectivity index (χ0v) is 13.6. The highest BCUT2D eigenvalue weighted by Crippen LogP contribution is 2.32. The summed E-state index contributed by atoms with van der Waals surface area (Å²) in [5, 5.41) is 13.3. The lowest BCUT2D eigenvalue weighted by atomic mass is 9.91. The first-order valence-electron chi connectivity index (χ1n) is 7.09. The van der Waals surface area contributed by atoms with E-state index < -0.39 is 28.7 Å². The maximum atomic E-state index is 12.7. The molecule has 1 aromatic carbocycles. The summed E-state index contributed by atoms with van der Waals surface area (Å²) in [4.78, 5) is 11.6. The van der Waals surface area contributed by atoms with Gasteiger partial charge < -0.3 is 15.2 Å². The zero-order valence-electron chi connectivity index (χ0n) is 13.6. The van der Waals surface area contributed by atoms with Gasteiger partial charge in [0.2, 0.25) is 0 Å². The molecule has 0 saturated carbocycles. The van der Waals surface area contributed by atoms with Crippen LogP contribution in [0.4, 0.5) is 13.2 Å². The van der Waals surface area contributed by atoms with Gasteiger partial charge in [-0.3, -0.25) is 4.79 Å². The number of ether oxygens (including phenoxy) is 1. The van der Waals surface area contributed by atoms with Crippen LogP contribution in [0.5, 0.6) is 0 Å². The fourth-order valence-electron chi connectivity index (χ4n) is 2.10. The van der Waals surface area contributed by atoms with Gasteiger partial charge in [-0.05, 0) is 38.5 Å². The van der Waals surface area contributed by atoms with Crippen LogP contribution in [0.15, 0.2) is 24.3 Å². The van der Waals surface area contributed by atoms with Crippen LogP contribution in [-0.2, 0) is 21.3 Å². The summed E-state index contributed by atoms with van der Waals surface area (Å²) in [5.74, 6) is -0.413. The van der Waals surface area contributed by atoms with Crippen molar-refractivity contribution in [2.75, 3.05) is 20.2 Å². The van der Waals surface area contributed by atoms with Crippen LogP contribution in [0.3, 0.4) is 0 Å². The van der Waals surface area contributed by atoms with Gasteiger partial charge >= 0.3 is 12.1 Å². The average Bonchev–Trinajstić information content (AvgIpc) is 2.45. The molecular formula is C16H22F3NO3. The second-order valence-electron chi connectivity index (χ2n) is 6.33. The fourth-order valence-corrected chi connectivity index (χ4v) is 2.10. The van der Waals surface area contributed by atoms with Crippen LogP contribution in [0.2, 0.25) is 0 Å². The van der Waals surface area contributed by atoms with Crippen molar-refractivity contribution in [1.29, 1.82) is 0 Å².